The second-order valence-electron chi connectivity index (χ2n) is 6.00. The molecule has 4 rings (SSSR count). The molecule has 0 saturated carbocycles. The number of carbonyl (C=O) groups is 1. The predicted molar refractivity (Wildman–Crippen MR) is 96.9 cm³/mol. The summed E-state index contributed by atoms with van der Waals surface area (Å²) in [4.78, 5) is 29.9. The Morgan fingerprint density at radius 1 is 1.23 bits per heavy atom. The highest BCUT2D eigenvalue weighted by atomic mass is 16.7. The van der Waals surface area contributed by atoms with Gasteiger partial charge in [-0.1, -0.05) is 0 Å². The summed E-state index contributed by atoms with van der Waals surface area (Å²) in [5, 5.41) is 3.17. The van der Waals surface area contributed by atoms with E-state index in [9.17, 15) is 9.59 Å². The number of aromatic nitrogens is 2. The molecule has 1 aliphatic heterocycles. The van der Waals surface area contributed by atoms with E-state index in [4.69, 9.17) is 9.47 Å². The zero-order valence-corrected chi connectivity index (χ0v) is 14.4. The first kappa shape index (κ1) is 16.1. The highest BCUT2D eigenvalue weighted by Crippen LogP contribution is 2.34. The number of amides is 1. The molecule has 1 aromatic carbocycles. The highest BCUT2D eigenvalue weighted by molar-refractivity contribution is 6.05. The third-order valence-corrected chi connectivity index (χ3v) is 4.28. The van der Waals surface area contributed by atoms with E-state index in [0.717, 1.165) is 5.69 Å². The lowest BCUT2D eigenvalue weighted by Gasteiger charge is -2.12. The topological polar surface area (TPSA) is 82.5 Å². The first-order chi connectivity index (χ1) is 12.6. The predicted octanol–water partition coefficient (Wildman–Crippen LogP) is 2.71. The van der Waals surface area contributed by atoms with E-state index < -0.39 is 5.91 Å². The van der Waals surface area contributed by atoms with Crippen molar-refractivity contribution in [3.63, 3.8) is 0 Å². The Hall–Kier alpha value is -3.35. The molecule has 0 radical (unpaired) electrons. The zero-order chi connectivity index (χ0) is 18.3. The molecule has 3 aromatic rings. The molecule has 0 fully saturated rings. The largest absolute Gasteiger partial charge is 0.454 e. The van der Waals surface area contributed by atoms with Crippen molar-refractivity contribution < 1.29 is 14.3 Å². The highest BCUT2D eigenvalue weighted by Gasteiger charge is 2.18. The molecule has 0 spiro atoms. The number of anilines is 1. The first-order valence-corrected chi connectivity index (χ1v) is 8.28. The SMILES string of the molecule is CCn1cc(C(=O)Nc2ccc3c(c2)OCO3)c(=O)c2ccc(C)nc21. The van der Waals surface area contributed by atoms with Crippen molar-refractivity contribution in [3.05, 3.63) is 58.0 Å². The average Bonchev–Trinajstić information content (AvgIpc) is 3.09. The van der Waals surface area contributed by atoms with Crippen LogP contribution in [0.4, 0.5) is 5.69 Å². The molecule has 0 bridgehead atoms. The van der Waals surface area contributed by atoms with Crippen LogP contribution in [0.1, 0.15) is 23.0 Å². The number of rotatable bonds is 3. The van der Waals surface area contributed by atoms with Gasteiger partial charge in [0, 0.05) is 30.2 Å². The molecule has 0 aliphatic carbocycles. The monoisotopic (exact) mass is 351 g/mol. The van der Waals surface area contributed by atoms with Crippen LogP contribution in [0, 0.1) is 6.92 Å². The quantitative estimate of drug-likeness (QED) is 0.784. The van der Waals surface area contributed by atoms with Crippen LogP contribution in [-0.2, 0) is 6.54 Å². The lowest BCUT2D eigenvalue weighted by Crippen LogP contribution is -2.24. The molecule has 7 heteroatoms. The second kappa shape index (κ2) is 6.18. The number of fused-ring (bicyclic) bond motifs is 2. The first-order valence-electron chi connectivity index (χ1n) is 8.28. The van der Waals surface area contributed by atoms with Gasteiger partial charge in [-0.05, 0) is 38.1 Å². The van der Waals surface area contributed by atoms with Crippen LogP contribution < -0.4 is 20.2 Å². The Morgan fingerprint density at radius 3 is 2.85 bits per heavy atom. The van der Waals surface area contributed by atoms with Crippen LogP contribution in [0.15, 0.2) is 41.3 Å². The molecule has 0 atom stereocenters. The van der Waals surface area contributed by atoms with Gasteiger partial charge in [0.05, 0.1) is 5.39 Å². The molecule has 3 heterocycles. The van der Waals surface area contributed by atoms with E-state index in [-0.39, 0.29) is 17.8 Å². The van der Waals surface area contributed by atoms with Gasteiger partial charge in [-0.15, -0.1) is 0 Å². The third kappa shape index (κ3) is 2.67. The number of nitrogens with zero attached hydrogens (tertiary/aromatic N) is 2. The van der Waals surface area contributed by atoms with Crippen LogP contribution in [0.2, 0.25) is 0 Å². The van der Waals surface area contributed by atoms with E-state index >= 15 is 0 Å². The minimum Gasteiger partial charge on any atom is -0.454 e. The van der Waals surface area contributed by atoms with Crippen LogP contribution in [0.25, 0.3) is 11.0 Å². The van der Waals surface area contributed by atoms with Gasteiger partial charge in [-0.25, -0.2) is 4.98 Å². The van der Waals surface area contributed by atoms with E-state index in [2.05, 4.69) is 10.3 Å². The fourth-order valence-electron chi connectivity index (χ4n) is 2.94. The number of aryl methyl sites for hydroxylation is 2. The van der Waals surface area contributed by atoms with Gasteiger partial charge >= 0.3 is 0 Å². The van der Waals surface area contributed by atoms with Gasteiger partial charge < -0.3 is 19.4 Å². The molecular weight excluding hydrogens is 334 g/mol. The Kier molecular flexibility index (Phi) is 3.84. The van der Waals surface area contributed by atoms with Gasteiger partial charge in [0.25, 0.3) is 5.91 Å². The summed E-state index contributed by atoms with van der Waals surface area (Å²) in [7, 11) is 0. The molecule has 0 saturated heterocycles. The Balaban J connectivity index is 1.74. The summed E-state index contributed by atoms with van der Waals surface area (Å²) in [5.41, 5.74) is 1.66. The zero-order valence-electron chi connectivity index (χ0n) is 14.4. The van der Waals surface area contributed by atoms with E-state index in [1.165, 1.54) is 0 Å². The molecule has 1 N–H and O–H groups in total. The lowest BCUT2D eigenvalue weighted by atomic mass is 10.1. The number of hydrogen-bond donors (Lipinski definition) is 1. The normalized spacial score (nSPS) is 12.4. The van der Waals surface area contributed by atoms with E-state index in [1.54, 1.807) is 41.1 Å². The molecule has 1 amide bonds. The number of pyridine rings is 2. The van der Waals surface area contributed by atoms with Crippen molar-refractivity contribution in [2.24, 2.45) is 0 Å². The fourth-order valence-corrected chi connectivity index (χ4v) is 2.94. The summed E-state index contributed by atoms with van der Waals surface area (Å²) in [6.07, 6.45) is 1.55. The van der Waals surface area contributed by atoms with E-state index in [1.807, 2.05) is 13.8 Å². The van der Waals surface area contributed by atoms with Gasteiger partial charge in [0.2, 0.25) is 12.2 Å². The molecule has 0 unspecified atom stereocenters. The van der Waals surface area contributed by atoms with E-state index in [0.29, 0.717) is 34.8 Å². The second-order valence-corrected chi connectivity index (χ2v) is 6.00. The van der Waals surface area contributed by atoms with Gasteiger partial charge in [0.15, 0.2) is 11.5 Å². The fraction of sp³-hybridized carbons (Fsp3) is 0.211. The number of ether oxygens (including phenoxy) is 2. The van der Waals surface area contributed by atoms with Gasteiger partial charge in [-0.3, -0.25) is 9.59 Å². The van der Waals surface area contributed by atoms with Crippen molar-refractivity contribution in [2.45, 2.75) is 20.4 Å². The molecule has 26 heavy (non-hydrogen) atoms. The Morgan fingerprint density at radius 2 is 2.04 bits per heavy atom. The minimum absolute atomic E-state index is 0.0719. The minimum atomic E-state index is -0.474. The summed E-state index contributed by atoms with van der Waals surface area (Å²) in [6, 6.07) is 8.57. The summed E-state index contributed by atoms with van der Waals surface area (Å²) in [5.74, 6) is 0.717. The van der Waals surface area contributed by atoms with Crippen LogP contribution in [-0.4, -0.2) is 22.3 Å². The number of hydrogen-bond acceptors (Lipinski definition) is 5. The van der Waals surface area contributed by atoms with Crippen molar-refractivity contribution >= 4 is 22.6 Å². The summed E-state index contributed by atoms with van der Waals surface area (Å²) in [6.45, 7) is 4.56. The molecule has 2 aromatic heterocycles. The maximum atomic E-state index is 12.8. The maximum absolute atomic E-state index is 12.8. The number of nitrogens with one attached hydrogen (secondary N) is 1. The number of benzene rings is 1. The average molecular weight is 351 g/mol. The smallest absolute Gasteiger partial charge is 0.261 e. The Labute approximate surface area is 149 Å². The number of carbonyl (C=O) groups excluding carboxylic acids is 1. The molecule has 132 valence electrons. The van der Waals surface area contributed by atoms with Crippen molar-refractivity contribution in [3.8, 4) is 11.5 Å². The molecular formula is C19H17N3O4. The van der Waals surface area contributed by atoms with Crippen molar-refractivity contribution in [2.75, 3.05) is 12.1 Å². The van der Waals surface area contributed by atoms with Gasteiger partial charge in [-0.2, -0.15) is 0 Å². The standard InChI is InChI=1S/C19H17N3O4/c1-3-22-9-14(17(23)13-6-4-11(2)20-18(13)22)19(24)21-12-5-7-15-16(8-12)26-10-25-15/h4-9H,3,10H2,1-2H3,(H,21,24). The Bertz CT molecular complexity index is 1090. The molecule has 7 nitrogen and oxygen atoms in total. The van der Waals surface area contributed by atoms with Crippen LogP contribution in [0.5, 0.6) is 11.5 Å². The lowest BCUT2D eigenvalue weighted by molar-refractivity contribution is 0.102. The molecule has 1 aliphatic rings. The maximum Gasteiger partial charge on any atom is 0.261 e. The van der Waals surface area contributed by atoms with Crippen molar-refractivity contribution in [1.82, 2.24) is 9.55 Å². The third-order valence-electron chi connectivity index (χ3n) is 4.28. The van der Waals surface area contributed by atoms with Gasteiger partial charge in [0.1, 0.15) is 11.2 Å². The summed E-state index contributed by atoms with van der Waals surface area (Å²) >= 11 is 0. The van der Waals surface area contributed by atoms with Crippen molar-refractivity contribution in [1.29, 1.82) is 0 Å². The van der Waals surface area contributed by atoms with Crippen LogP contribution >= 0.6 is 0 Å². The van der Waals surface area contributed by atoms with Crippen LogP contribution in [0.3, 0.4) is 0 Å². The summed E-state index contributed by atoms with van der Waals surface area (Å²) < 4.78 is 12.4.